The van der Waals surface area contributed by atoms with Crippen LogP contribution in [0.25, 0.3) is 0 Å². The molecule has 1 rings (SSSR count). The second-order valence-electron chi connectivity index (χ2n) is 3.95. The molecule has 0 amide bonds. The standard InChI is InChI=1S/C11H18N2O2/c1-4-10(14)11(15)7-9-5-6-13(12-9)8(2)3/h5-6,8,10,14H,4,7H2,1-3H3. The van der Waals surface area contributed by atoms with E-state index in [9.17, 15) is 9.90 Å². The lowest BCUT2D eigenvalue weighted by Crippen LogP contribution is -2.21. The second-order valence-corrected chi connectivity index (χ2v) is 3.95. The van der Waals surface area contributed by atoms with Crippen LogP contribution in [-0.2, 0) is 11.2 Å². The van der Waals surface area contributed by atoms with Crippen molar-refractivity contribution in [3.63, 3.8) is 0 Å². The summed E-state index contributed by atoms with van der Waals surface area (Å²) in [5, 5.41) is 13.6. The Morgan fingerprint density at radius 1 is 1.60 bits per heavy atom. The smallest absolute Gasteiger partial charge is 0.167 e. The number of hydrogen-bond acceptors (Lipinski definition) is 3. The molecule has 84 valence electrons. The molecule has 4 nitrogen and oxygen atoms in total. The summed E-state index contributed by atoms with van der Waals surface area (Å²) in [4.78, 5) is 11.4. The van der Waals surface area contributed by atoms with Crippen LogP contribution in [-0.4, -0.2) is 26.8 Å². The van der Waals surface area contributed by atoms with Crippen LogP contribution >= 0.6 is 0 Å². The maximum Gasteiger partial charge on any atom is 0.167 e. The van der Waals surface area contributed by atoms with Crippen LogP contribution in [0.3, 0.4) is 0 Å². The first-order chi connectivity index (χ1) is 7.04. The molecule has 1 unspecified atom stereocenters. The minimum Gasteiger partial charge on any atom is -0.385 e. The molecule has 1 aromatic heterocycles. The van der Waals surface area contributed by atoms with Crippen molar-refractivity contribution < 1.29 is 9.90 Å². The normalized spacial score (nSPS) is 13.1. The number of aromatic nitrogens is 2. The van der Waals surface area contributed by atoms with Gasteiger partial charge in [0.05, 0.1) is 12.1 Å². The lowest BCUT2D eigenvalue weighted by Gasteiger charge is -2.05. The Morgan fingerprint density at radius 2 is 2.27 bits per heavy atom. The van der Waals surface area contributed by atoms with Crippen LogP contribution in [0.4, 0.5) is 0 Å². The molecule has 4 heteroatoms. The number of carbonyl (C=O) groups is 1. The summed E-state index contributed by atoms with van der Waals surface area (Å²) in [6, 6.07) is 2.12. The third-order valence-electron chi connectivity index (χ3n) is 2.31. The van der Waals surface area contributed by atoms with Gasteiger partial charge in [0.25, 0.3) is 0 Å². The molecule has 0 aliphatic carbocycles. The molecule has 1 heterocycles. The largest absolute Gasteiger partial charge is 0.385 e. The lowest BCUT2D eigenvalue weighted by molar-refractivity contribution is -0.126. The van der Waals surface area contributed by atoms with Crippen LogP contribution in [0.2, 0.25) is 0 Å². The molecule has 0 aliphatic heterocycles. The molecule has 1 aromatic rings. The Balaban J connectivity index is 2.61. The number of aliphatic hydroxyl groups excluding tert-OH is 1. The molecular formula is C11H18N2O2. The van der Waals surface area contributed by atoms with Crippen molar-refractivity contribution in [2.75, 3.05) is 0 Å². The van der Waals surface area contributed by atoms with Crippen LogP contribution < -0.4 is 0 Å². The fourth-order valence-corrected chi connectivity index (χ4v) is 1.28. The Kier molecular flexibility index (Phi) is 4.03. The van der Waals surface area contributed by atoms with Crippen molar-refractivity contribution in [2.45, 2.75) is 45.8 Å². The van der Waals surface area contributed by atoms with Gasteiger partial charge in [-0.2, -0.15) is 5.10 Å². The first-order valence-electron chi connectivity index (χ1n) is 5.29. The highest BCUT2D eigenvalue weighted by Gasteiger charge is 2.14. The minimum atomic E-state index is -0.853. The fourth-order valence-electron chi connectivity index (χ4n) is 1.28. The van der Waals surface area contributed by atoms with Crippen molar-refractivity contribution in [1.29, 1.82) is 0 Å². The SMILES string of the molecule is CCC(O)C(=O)Cc1ccn(C(C)C)n1. The highest BCUT2D eigenvalue weighted by Crippen LogP contribution is 2.06. The Bertz CT molecular complexity index is 331. The number of carbonyl (C=O) groups excluding carboxylic acids is 1. The Hall–Kier alpha value is -1.16. The molecule has 0 aliphatic rings. The second kappa shape index (κ2) is 5.07. The maximum atomic E-state index is 11.4. The zero-order chi connectivity index (χ0) is 11.4. The molecule has 0 radical (unpaired) electrons. The van der Waals surface area contributed by atoms with Crippen molar-refractivity contribution in [3.05, 3.63) is 18.0 Å². The van der Waals surface area contributed by atoms with E-state index in [-0.39, 0.29) is 12.2 Å². The number of aliphatic hydroxyl groups is 1. The average Bonchev–Trinajstić information content (AvgIpc) is 2.65. The van der Waals surface area contributed by atoms with E-state index in [2.05, 4.69) is 5.10 Å². The lowest BCUT2D eigenvalue weighted by atomic mass is 10.1. The van der Waals surface area contributed by atoms with E-state index in [0.717, 1.165) is 5.69 Å². The zero-order valence-electron chi connectivity index (χ0n) is 9.47. The molecular weight excluding hydrogens is 192 g/mol. The summed E-state index contributed by atoms with van der Waals surface area (Å²) >= 11 is 0. The van der Waals surface area contributed by atoms with Crippen molar-refractivity contribution >= 4 is 5.78 Å². The summed E-state index contributed by atoms with van der Waals surface area (Å²) < 4.78 is 1.81. The summed E-state index contributed by atoms with van der Waals surface area (Å²) in [7, 11) is 0. The summed E-state index contributed by atoms with van der Waals surface area (Å²) in [6.07, 6.45) is 1.68. The third-order valence-corrected chi connectivity index (χ3v) is 2.31. The highest BCUT2D eigenvalue weighted by atomic mass is 16.3. The van der Waals surface area contributed by atoms with Gasteiger partial charge in [0, 0.05) is 12.2 Å². The van der Waals surface area contributed by atoms with E-state index < -0.39 is 6.10 Å². The van der Waals surface area contributed by atoms with Gasteiger partial charge in [-0.05, 0) is 26.3 Å². The highest BCUT2D eigenvalue weighted by molar-refractivity contribution is 5.84. The van der Waals surface area contributed by atoms with Gasteiger partial charge < -0.3 is 5.11 Å². The first kappa shape index (κ1) is 11.9. The van der Waals surface area contributed by atoms with Gasteiger partial charge in [-0.15, -0.1) is 0 Å². The number of Topliss-reactive ketones (excluding diaryl/α,β-unsaturated/α-hetero) is 1. The van der Waals surface area contributed by atoms with Gasteiger partial charge in [-0.25, -0.2) is 0 Å². The first-order valence-corrected chi connectivity index (χ1v) is 5.29. The fraction of sp³-hybridized carbons (Fsp3) is 0.636. The van der Waals surface area contributed by atoms with E-state index in [1.165, 1.54) is 0 Å². The van der Waals surface area contributed by atoms with Gasteiger partial charge in [0.15, 0.2) is 5.78 Å². The molecule has 1 atom stereocenters. The molecule has 0 bridgehead atoms. The molecule has 0 aromatic carbocycles. The van der Waals surface area contributed by atoms with E-state index in [4.69, 9.17) is 0 Å². The van der Waals surface area contributed by atoms with E-state index in [1.54, 1.807) is 11.6 Å². The maximum absolute atomic E-state index is 11.4. The van der Waals surface area contributed by atoms with Crippen molar-refractivity contribution in [2.24, 2.45) is 0 Å². The van der Waals surface area contributed by atoms with E-state index >= 15 is 0 Å². The number of nitrogens with zero attached hydrogens (tertiary/aromatic N) is 2. The zero-order valence-corrected chi connectivity index (χ0v) is 9.47. The Labute approximate surface area is 89.9 Å². The van der Waals surface area contributed by atoms with Crippen LogP contribution in [0.1, 0.15) is 38.9 Å². The number of rotatable bonds is 5. The number of hydrogen-bond donors (Lipinski definition) is 1. The van der Waals surface area contributed by atoms with Crippen molar-refractivity contribution in [3.8, 4) is 0 Å². The monoisotopic (exact) mass is 210 g/mol. The molecule has 0 saturated heterocycles. The van der Waals surface area contributed by atoms with Gasteiger partial charge in [0.2, 0.25) is 0 Å². The molecule has 1 N–H and O–H groups in total. The average molecular weight is 210 g/mol. The summed E-state index contributed by atoms with van der Waals surface area (Å²) in [5.74, 6) is -0.161. The molecule has 0 spiro atoms. The van der Waals surface area contributed by atoms with Crippen LogP contribution in [0, 0.1) is 0 Å². The molecule has 15 heavy (non-hydrogen) atoms. The van der Waals surface area contributed by atoms with Gasteiger partial charge in [0.1, 0.15) is 6.10 Å². The van der Waals surface area contributed by atoms with Gasteiger partial charge in [-0.1, -0.05) is 6.92 Å². The number of ketones is 1. The molecule has 0 fully saturated rings. The Morgan fingerprint density at radius 3 is 2.73 bits per heavy atom. The van der Waals surface area contributed by atoms with Gasteiger partial charge in [-0.3, -0.25) is 9.48 Å². The topological polar surface area (TPSA) is 55.1 Å². The van der Waals surface area contributed by atoms with E-state index in [1.807, 2.05) is 26.1 Å². The summed E-state index contributed by atoms with van der Waals surface area (Å²) in [6.45, 7) is 5.84. The summed E-state index contributed by atoms with van der Waals surface area (Å²) in [5.41, 5.74) is 0.723. The van der Waals surface area contributed by atoms with Crippen LogP contribution in [0.15, 0.2) is 12.3 Å². The minimum absolute atomic E-state index is 0.161. The van der Waals surface area contributed by atoms with Gasteiger partial charge >= 0.3 is 0 Å². The third kappa shape index (κ3) is 3.16. The molecule has 0 saturated carbocycles. The van der Waals surface area contributed by atoms with E-state index in [0.29, 0.717) is 12.5 Å². The van der Waals surface area contributed by atoms with Crippen LogP contribution in [0.5, 0.6) is 0 Å². The predicted molar refractivity (Wildman–Crippen MR) is 57.6 cm³/mol. The van der Waals surface area contributed by atoms with Crippen molar-refractivity contribution in [1.82, 2.24) is 9.78 Å². The quantitative estimate of drug-likeness (QED) is 0.798. The predicted octanol–water partition coefficient (Wildman–Crippen LogP) is 1.35.